The molecule has 0 radical (unpaired) electrons. The van der Waals surface area contributed by atoms with Gasteiger partial charge >= 0.3 is 6.85 Å². The predicted octanol–water partition coefficient (Wildman–Crippen LogP) is 16.7. The summed E-state index contributed by atoms with van der Waals surface area (Å²) in [6.07, 6.45) is 4.83. The first kappa shape index (κ1) is 41.0. The Morgan fingerprint density at radius 3 is 1.87 bits per heavy atom. The minimum Gasteiger partial charge on any atom is -0.456 e. The van der Waals surface area contributed by atoms with Crippen molar-refractivity contribution in [2.75, 3.05) is 9.71 Å². The quantitative estimate of drug-likeness (QED) is 0.154. The minimum absolute atomic E-state index is 0.00367. The molecule has 3 aromatic heterocycles. The van der Waals surface area contributed by atoms with Crippen molar-refractivity contribution in [2.45, 2.75) is 129 Å². The lowest BCUT2D eigenvalue weighted by Crippen LogP contribution is -2.64. The lowest BCUT2D eigenvalue weighted by atomic mass is 9.43. The molecule has 2 unspecified atom stereocenters. The first-order valence-electron chi connectivity index (χ1n) is 25.1. The van der Waals surface area contributed by atoms with Gasteiger partial charge in [0.15, 0.2) is 0 Å². The van der Waals surface area contributed by atoms with Gasteiger partial charge in [-0.25, -0.2) is 0 Å². The fraction of sp³-hybridized carbons (Fsp3) is 0.323. The molecule has 1 fully saturated rings. The maximum Gasteiger partial charge on any atom is 0.333 e. The fourth-order valence-electron chi connectivity index (χ4n) is 13.4. The van der Waals surface area contributed by atoms with Crippen LogP contribution in [0, 0.1) is 0 Å². The highest BCUT2D eigenvalue weighted by atomic mass is 32.1. The zero-order chi connectivity index (χ0) is 46.8. The van der Waals surface area contributed by atoms with Crippen LogP contribution in [0.2, 0.25) is 0 Å². The van der Waals surface area contributed by atoms with Crippen LogP contribution in [0.15, 0.2) is 118 Å². The molecule has 7 aromatic carbocycles. The summed E-state index contributed by atoms with van der Waals surface area (Å²) < 4.78 is 16.7. The average molecular weight is 907 g/mol. The molecule has 10 aromatic rings. The summed E-state index contributed by atoms with van der Waals surface area (Å²) in [5, 5.41) is 7.32. The lowest BCUT2D eigenvalue weighted by molar-refractivity contribution is 0.195. The van der Waals surface area contributed by atoms with Gasteiger partial charge in [0.1, 0.15) is 22.3 Å². The van der Waals surface area contributed by atoms with Gasteiger partial charge in [0.25, 0.3) is 0 Å². The van der Waals surface area contributed by atoms with Crippen molar-refractivity contribution in [3.63, 3.8) is 0 Å². The molecule has 3 aliphatic heterocycles. The number of hydrogen-bond acceptors (Lipinski definition) is 5. The van der Waals surface area contributed by atoms with Crippen molar-refractivity contribution in [3.05, 3.63) is 131 Å². The molecule has 6 heteroatoms. The van der Waals surface area contributed by atoms with Gasteiger partial charge < -0.3 is 18.5 Å². The second-order valence-electron chi connectivity index (χ2n) is 24.5. The molecule has 6 heterocycles. The van der Waals surface area contributed by atoms with Crippen LogP contribution >= 0.6 is 11.3 Å². The Labute approximate surface area is 404 Å². The molecular weight excluding hydrogens is 848 g/mol. The molecule has 0 spiro atoms. The van der Waals surface area contributed by atoms with Crippen LogP contribution in [0.4, 0.5) is 22.7 Å². The second-order valence-corrected chi connectivity index (χ2v) is 25.5. The normalized spacial score (nSPS) is 20.1. The first-order chi connectivity index (χ1) is 32.3. The van der Waals surface area contributed by atoms with Gasteiger partial charge in [0.2, 0.25) is 0 Å². The third kappa shape index (κ3) is 5.23. The Morgan fingerprint density at radius 1 is 0.559 bits per heavy atom. The number of anilines is 4. The number of benzene rings is 7. The van der Waals surface area contributed by atoms with Crippen LogP contribution < -0.4 is 20.6 Å². The topological polar surface area (TPSA) is 32.8 Å². The van der Waals surface area contributed by atoms with E-state index in [4.69, 9.17) is 8.83 Å². The highest BCUT2D eigenvalue weighted by Gasteiger charge is 2.62. The van der Waals surface area contributed by atoms with Crippen molar-refractivity contribution >= 4 is 116 Å². The van der Waals surface area contributed by atoms with E-state index in [0.717, 1.165) is 56.0 Å². The second kappa shape index (κ2) is 13.0. The molecule has 0 bridgehead atoms. The van der Waals surface area contributed by atoms with Crippen LogP contribution in [0.3, 0.4) is 0 Å². The van der Waals surface area contributed by atoms with Gasteiger partial charge in [-0.05, 0) is 117 Å². The van der Waals surface area contributed by atoms with Gasteiger partial charge in [-0.3, -0.25) is 0 Å². The van der Waals surface area contributed by atoms with Crippen LogP contribution in [-0.2, 0) is 21.7 Å². The van der Waals surface area contributed by atoms with Gasteiger partial charge in [0.05, 0.1) is 5.54 Å². The largest absolute Gasteiger partial charge is 0.456 e. The van der Waals surface area contributed by atoms with E-state index in [9.17, 15) is 0 Å². The van der Waals surface area contributed by atoms with E-state index < -0.39 is 0 Å². The van der Waals surface area contributed by atoms with Gasteiger partial charge in [-0.15, -0.1) is 11.3 Å². The van der Waals surface area contributed by atoms with Crippen molar-refractivity contribution in [2.24, 2.45) is 0 Å². The Kier molecular flexibility index (Phi) is 7.85. The summed E-state index contributed by atoms with van der Waals surface area (Å²) in [6.45, 7) is 26.0. The van der Waals surface area contributed by atoms with Crippen LogP contribution in [0.5, 0.6) is 0 Å². The summed E-state index contributed by atoms with van der Waals surface area (Å²) in [5.41, 5.74) is 19.6. The summed E-state index contributed by atoms with van der Waals surface area (Å²) in [4.78, 5) is 5.58. The maximum absolute atomic E-state index is 7.04. The molecule has 1 aliphatic carbocycles. The number of fused-ring (bicyclic) bond motifs is 17. The number of rotatable bonds is 1. The summed E-state index contributed by atoms with van der Waals surface area (Å²) in [6, 6.07) is 42.5. The molecule has 338 valence electrons. The predicted molar refractivity (Wildman–Crippen MR) is 292 cm³/mol. The van der Waals surface area contributed by atoms with E-state index in [1.807, 2.05) is 11.3 Å². The maximum atomic E-state index is 7.04. The smallest absolute Gasteiger partial charge is 0.333 e. The summed E-state index contributed by atoms with van der Waals surface area (Å²) >= 11 is 1.95. The standard InChI is InChI=1S/C62H59BN2O2S/c1-58(2,3)34-18-21-38-39-23-20-37(30-50(39)66-48(38)28-34)65-46-32-51-42(40-22-19-35(59(4,5)6)29-49(40)67-51)31-43(46)55-54-41-16-12-13-17-52(41)68-53(54)33-47-56(55)63(65)45-27-36(60(7,8)9)26-44-57(45)64(47)62(11)25-15-14-24-61(44,62)10/h12-13,16-23,26-33H,14-15,24-25H2,1-11H3. The highest BCUT2D eigenvalue weighted by molar-refractivity contribution is 7.26. The lowest BCUT2D eigenvalue weighted by Gasteiger charge is -2.53. The highest BCUT2D eigenvalue weighted by Crippen LogP contribution is 2.63. The number of hydrogen-bond donors (Lipinski definition) is 0. The molecule has 0 N–H and O–H groups in total. The van der Waals surface area contributed by atoms with Gasteiger partial charge in [0, 0.05) is 87.6 Å². The first-order valence-corrected chi connectivity index (χ1v) is 25.9. The van der Waals surface area contributed by atoms with E-state index in [1.165, 1.54) is 101 Å². The molecule has 68 heavy (non-hydrogen) atoms. The molecule has 0 amide bonds. The third-order valence-electron chi connectivity index (χ3n) is 17.4. The molecular formula is C62H59BN2O2S. The monoisotopic (exact) mass is 906 g/mol. The zero-order valence-corrected chi connectivity index (χ0v) is 42.2. The minimum atomic E-state index is -0.126. The molecule has 14 rings (SSSR count). The van der Waals surface area contributed by atoms with E-state index in [1.54, 1.807) is 0 Å². The van der Waals surface area contributed by atoms with E-state index in [0.29, 0.717) is 0 Å². The zero-order valence-electron chi connectivity index (χ0n) is 41.4. The van der Waals surface area contributed by atoms with Crippen molar-refractivity contribution in [1.82, 2.24) is 0 Å². The molecule has 4 nitrogen and oxygen atoms in total. The number of nitrogens with zero attached hydrogens (tertiary/aromatic N) is 2. The van der Waals surface area contributed by atoms with E-state index in [2.05, 4.69) is 195 Å². The molecule has 4 aliphatic rings. The number of furan rings is 2. The van der Waals surface area contributed by atoms with Crippen molar-refractivity contribution in [3.8, 4) is 11.1 Å². The SMILES string of the molecule is CC(C)(C)c1cc2c3c(c1)C1(C)CCCCC1(C)N3c1cc3sc4ccccc4c3c3c1B2N(c1ccc2c(c1)oc1cc(C(C)(C)C)ccc12)c1cc2oc4cc(C(C)(C)C)ccc4c2cc1-3. The van der Waals surface area contributed by atoms with Crippen LogP contribution in [0.1, 0.15) is 124 Å². The molecule has 2 atom stereocenters. The van der Waals surface area contributed by atoms with Crippen molar-refractivity contribution < 1.29 is 8.83 Å². The van der Waals surface area contributed by atoms with E-state index >= 15 is 0 Å². The Balaban J connectivity index is 1.15. The average Bonchev–Trinajstić information content (AvgIpc) is 4.02. The molecule has 1 saturated carbocycles. The van der Waals surface area contributed by atoms with Gasteiger partial charge in [-0.1, -0.05) is 137 Å². The fourth-order valence-corrected chi connectivity index (χ4v) is 14.6. The Hall–Kier alpha value is -5.98. The van der Waals surface area contributed by atoms with Crippen LogP contribution in [0.25, 0.3) is 75.2 Å². The molecule has 0 saturated heterocycles. The summed E-state index contributed by atoms with van der Waals surface area (Å²) in [5.74, 6) is 0. The Morgan fingerprint density at radius 2 is 1.18 bits per heavy atom. The third-order valence-corrected chi connectivity index (χ3v) is 18.6. The summed E-state index contributed by atoms with van der Waals surface area (Å²) in [7, 11) is 0. The number of thiophene rings is 1. The van der Waals surface area contributed by atoms with Crippen molar-refractivity contribution in [1.29, 1.82) is 0 Å². The Bertz CT molecular complexity index is 3880. The van der Waals surface area contributed by atoms with E-state index in [-0.39, 0.29) is 34.0 Å². The van der Waals surface area contributed by atoms with Crippen LogP contribution in [-0.4, -0.2) is 12.4 Å². The van der Waals surface area contributed by atoms with Gasteiger partial charge in [-0.2, -0.15) is 0 Å².